The topological polar surface area (TPSA) is 55.2 Å². The number of nitrogens with zero attached hydrogens (tertiary/aromatic N) is 1. The average molecular weight is 346 g/mol. The lowest BCUT2D eigenvalue weighted by Gasteiger charge is -2.13. The lowest BCUT2D eigenvalue weighted by molar-refractivity contribution is -0.380. The fourth-order valence-corrected chi connectivity index (χ4v) is 4.54. The van der Waals surface area contributed by atoms with Crippen LogP contribution in [0.25, 0.3) is 10.1 Å². The number of aryl methyl sites for hydroxylation is 1. The molecule has 1 unspecified atom stereocenters. The van der Waals surface area contributed by atoms with Crippen molar-refractivity contribution in [3.63, 3.8) is 0 Å². The second kappa shape index (κ2) is 7.21. The third-order valence-corrected chi connectivity index (χ3v) is 5.93. The van der Waals surface area contributed by atoms with E-state index in [2.05, 4.69) is 41.9 Å². The molecule has 0 amide bonds. The summed E-state index contributed by atoms with van der Waals surface area (Å²) >= 11 is 3.06. The number of hydrogen-bond acceptors (Lipinski definition) is 5. The van der Waals surface area contributed by atoms with Crippen LogP contribution in [0, 0.1) is 10.1 Å². The van der Waals surface area contributed by atoms with Gasteiger partial charge in [-0.25, -0.2) is 0 Å². The van der Waals surface area contributed by atoms with Crippen LogP contribution in [-0.2, 0) is 6.42 Å². The van der Waals surface area contributed by atoms with E-state index in [1.807, 2.05) is 6.07 Å². The van der Waals surface area contributed by atoms with E-state index in [-0.39, 0.29) is 9.92 Å². The smallest absolute Gasteiger partial charge is 0.310 e. The first-order valence-corrected chi connectivity index (χ1v) is 9.27. The normalized spacial score (nSPS) is 12.6. The number of fused-ring (bicyclic) bond motifs is 1. The Labute approximate surface area is 142 Å². The predicted octanol–water partition coefficient (Wildman–Crippen LogP) is 5.15. The van der Waals surface area contributed by atoms with Crippen molar-refractivity contribution in [1.29, 1.82) is 0 Å². The van der Waals surface area contributed by atoms with Crippen molar-refractivity contribution < 1.29 is 4.92 Å². The van der Waals surface area contributed by atoms with E-state index in [1.165, 1.54) is 27.0 Å². The molecule has 3 aromatic rings. The molecule has 0 bridgehead atoms. The average Bonchev–Trinajstić information content (AvgIpc) is 3.18. The third-order valence-electron chi connectivity index (χ3n) is 3.86. The van der Waals surface area contributed by atoms with Crippen LogP contribution in [0.3, 0.4) is 0 Å². The molecule has 0 aliphatic carbocycles. The van der Waals surface area contributed by atoms with Gasteiger partial charge in [0.15, 0.2) is 0 Å². The van der Waals surface area contributed by atoms with E-state index in [9.17, 15) is 10.1 Å². The van der Waals surface area contributed by atoms with Crippen LogP contribution in [-0.4, -0.2) is 11.5 Å². The Morgan fingerprint density at radius 2 is 2.09 bits per heavy atom. The summed E-state index contributed by atoms with van der Waals surface area (Å²) in [7, 11) is 0. The van der Waals surface area contributed by atoms with Gasteiger partial charge < -0.3 is 5.32 Å². The number of thiophene rings is 2. The highest BCUT2D eigenvalue weighted by molar-refractivity contribution is 7.17. The quantitative estimate of drug-likeness (QED) is 0.365. The monoisotopic (exact) mass is 346 g/mol. The molecule has 120 valence electrons. The number of benzene rings is 1. The van der Waals surface area contributed by atoms with Crippen molar-refractivity contribution in [3.8, 4) is 0 Å². The van der Waals surface area contributed by atoms with E-state index in [0.717, 1.165) is 24.3 Å². The van der Waals surface area contributed by atoms with Crippen molar-refractivity contribution in [2.75, 3.05) is 6.54 Å². The molecular formula is C17H18N2O2S2. The van der Waals surface area contributed by atoms with Gasteiger partial charge in [0, 0.05) is 21.7 Å². The van der Waals surface area contributed by atoms with E-state index in [1.54, 1.807) is 17.4 Å². The van der Waals surface area contributed by atoms with Gasteiger partial charge in [-0.15, -0.1) is 11.3 Å². The molecule has 3 rings (SSSR count). The minimum Gasteiger partial charge on any atom is -0.310 e. The van der Waals surface area contributed by atoms with Gasteiger partial charge in [0.25, 0.3) is 0 Å². The van der Waals surface area contributed by atoms with E-state index >= 15 is 0 Å². The molecule has 0 aliphatic heterocycles. The highest BCUT2D eigenvalue weighted by Gasteiger charge is 2.11. The molecule has 0 radical (unpaired) electrons. The molecule has 6 heteroatoms. The molecule has 23 heavy (non-hydrogen) atoms. The molecule has 0 saturated heterocycles. The van der Waals surface area contributed by atoms with Gasteiger partial charge in [0.05, 0.1) is 4.92 Å². The first-order valence-electron chi connectivity index (χ1n) is 7.58. The molecule has 0 spiro atoms. The highest BCUT2D eigenvalue weighted by Crippen LogP contribution is 2.30. The lowest BCUT2D eigenvalue weighted by atomic mass is 10.1. The largest absolute Gasteiger partial charge is 0.324 e. The van der Waals surface area contributed by atoms with Crippen LogP contribution >= 0.6 is 22.7 Å². The van der Waals surface area contributed by atoms with E-state index < -0.39 is 0 Å². The van der Waals surface area contributed by atoms with Crippen LogP contribution in [0.2, 0.25) is 0 Å². The number of nitrogens with one attached hydrogen (secondary N) is 1. The first-order chi connectivity index (χ1) is 11.1. The van der Waals surface area contributed by atoms with Gasteiger partial charge in [0.1, 0.15) is 0 Å². The van der Waals surface area contributed by atoms with Crippen LogP contribution < -0.4 is 5.32 Å². The standard InChI is InChI=1S/C17H18N2O2S2/c1-12(15-11-22-16-7-3-2-6-14(15)16)18-10-4-5-13-8-9-17(23-13)19(20)21/h2-3,6-9,11-12,18H,4-5,10H2,1H3. The van der Waals surface area contributed by atoms with Crippen molar-refractivity contribution >= 4 is 37.8 Å². The maximum atomic E-state index is 10.7. The van der Waals surface area contributed by atoms with Crippen molar-refractivity contribution in [3.05, 3.63) is 62.3 Å². The minimum atomic E-state index is -0.323. The summed E-state index contributed by atoms with van der Waals surface area (Å²) in [5, 5.41) is 18.0. The molecule has 0 aliphatic rings. The Morgan fingerprint density at radius 3 is 2.87 bits per heavy atom. The maximum Gasteiger partial charge on any atom is 0.324 e. The zero-order chi connectivity index (χ0) is 16.2. The van der Waals surface area contributed by atoms with Gasteiger partial charge in [0.2, 0.25) is 0 Å². The Kier molecular flexibility index (Phi) is 5.05. The van der Waals surface area contributed by atoms with Gasteiger partial charge in [-0.05, 0) is 54.8 Å². The zero-order valence-corrected chi connectivity index (χ0v) is 14.5. The van der Waals surface area contributed by atoms with Gasteiger partial charge in [-0.1, -0.05) is 29.5 Å². The summed E-state index contributed by atoms with van der Waals surface area (Å²) < 4.78 is 1.32. The van der Waals surface area contributed by atoms with Crippen molar-refractivity contribution in [2.24, 2.45) is 0 Å². The number of hydrogen-bond donors (Lipinski definition) is 1. The number of nitro groups is 1. The molecule has 0 fully saturated rings. The van der Waals surface area contributed by atoms with Crippen LogP contribution in [0.15, 0.2) is 41.8 Å². The summed E-state index contributed by atoms with van der Waals surface area (Å²) in [6.07, 6.45) is 1.85. The highest BCUT2D eigenvalue weighted by atomic mass is 32.1. The number of rotatable bonds is 7. The Bertz CT molecular complexity index is 810. The van der Waals surface area contributed by atoms with Gasteiger partial charge in [-0.2, -0.15) is 0 Å². The van der Waals surface area contributed by atoms with E-state index in [4.69, 9.17) is 0 Å². The van der Waals surface area contributed by atoms with Gasteiger partial charge in [-0.3, -0.25) is 10.1 Å². The second-order valence-corrected chi connectivity index (χ2v) is 7.52. The minimum absolute atomic E-state index is 0.228. The van der Waals surface area contributed by atoms with E-state index in [0.29, 0.717) is 6.04 Å². The van der Waals surface area contributed by atoms with Crippen LogP contribution in [0.5, 0.6) is 0 Å². The zero-order valence-electron chi connectivity index (χ0n) is 12.8. The molecule has 2 aromatic heterocycles. The molecule has 1 aromatic carbocycles. The Hall–Kier alpha value is -1.76. The molecule has 0 saturated carbocycles. The predicted molar refractivity (Wildman–Crippen MR) is 97.5 cm³/mol. The summed E-state index contributed by atoms with van der Waals surface area (Å²) in [6, 6.07) is 12.2. The summed E-state index contributed by atoms with van der Waals surface area (Å²) in [5.74, 6) is 0. The second-order valence-electron chi connectivity index (χ2n) is 5.46. The fourth-order valence-electron chi connectivity index (χ4n) is 2.62. The SMILES string of the molecule is CC(NCCCc1ccc([N+](=O)[O-])s1)c1csc2ccccc12. The summed E-state index contributed by atoms with van der Waals surface area (Å²) in [6.45, 7) is 3.08. The molecule has 1 N–H and O–H groups in total. The molecule has 4 nitrogen and oxygen atoms in total. The Morgan fingerprint density at radius 1 is 1.26 bits per heavy atom. The molecular weight excluding hydrogens is 328 g/mol. The third kappa shape index (κ3) is 3.77. The fraction of sp³-hybridized carbons (Fsp3) is 0.294. The van der Waals surface area contributed by atoms with Crippen molar-refractivity contribution in [1.82, 2.24) is 5.32 Å². The summed E-state index contributed by atoms with van der Waals surface area (Å²) in [4.78, 5) is 11.4. The molecule has 2 heterocycles. The Balaban J connectivity index is 1.51. The molecule has 1 atom stereocenters. The van der Waals surface area contributed by atoms with Crippen molar-refractivity contribution in [2.45, 2.75) is 25.8 Å². The summed E-state index contributed by atoms with van der Waals surface area (Å²) in [5.41, 5.74) is 1.34. The maximum absolute atomic E-state index is 10.7. The van der Waals surface area contributed by atoms with Crippen LogP contribution in [0.4, 0.5) is 5.00 Å². The first kappa shape index (κ1) is 16.1. The lowest BCUT2D eigenvalue weighted by Crippen LogP contribution is -2.19. The van der Waals surface area contributed by atoms with Crippen LogP contribution in [0.1, 0.15) is 29.8 Å². The van der Waals surface area contributed by atoms with Gasteiger partial charge >= 0.3 is 5.00 Å².